The first-order valence-electron chi connectivity index (χ1n) is 22.1. The summed E-state index contributed by atoms with van der Waals surface area (Å²) in [6.07, 6.45) is 0. The molecular weight excluding hydrogens is 733 g/mol. The zero-order valence-electron chi connectivity index (χ0n) is 35.7. The lowest BCUT2D eigenvalue weighted by Gasteiger charge is -2.40. The van der Waals surface area contributed by atoms with E-state index in [4.69, 9.17) is 0 Å². The number of hydrogen-bond acceptors (Lipinski definition) is 0. The zero-order valence-corrected chi connectivity index (χ0v) is 35.7. The molecule has 3 heterocycles. The van der Waals surface area contributed by atoms with Crippen LogP contribution in [-0.2, 0) is 10.8 Å². The Morgan fingerprint density at radius 3 is 1.59 bits per heavy atom. The molecule has 0 spiro atoms. The van der Waals surface area contributed by atoms with Crippen molar-refractivity contribution in [3.05, 3.63) is 192 Å². The Bertz CT molecular complexity index is 3700. The molecule has 290 valence electrons. The normalized spacial score (nSPS) is 14.9. The Labute approximate surface area is 357 Å². The summed E-state index contributed by atoms with van der Waals surface area (Å²) >= 11 is 0. The largest absolute Gasteiger partial charge is 0.375 e. The molecule has 61 heavy (non-hydrogen) atoms. The second kappa shape index (κ2) is 12.0. The van der Waals surface area contributed by atoms with E-state index in [9.17, 15) is 0 Å². The van der Waals surface area contributed by atoms with Crippen LogP contribution in [0.25, 0.3) is 86.8 Å². The molecule has 0 saturated carbocycles. The van der Waals surface area contributed by atoms with Crippen LogP contribution in [0.2, 0.25) is 0 Å². The fourth-order valence-electron chi connectivity index (χ4n) is 11.6. The van der Waals surface area contributed by atoms with E-state index in [1.54, 1.807) is 0 Å². The maximum absolute atomic E-state index is 2.72. The second-order valence-electron chi connectivity index (χ2n) is 20.1. The molecule has 0 N–H and O–H groups in total. The van der Waals surface area contributed by atoms with Gasteiger partial charge in [-0.15, -0.1) is 0 Å². The number of fused-ring (bicyclic) bond motifs is 16. The topological polar surface area (TPSA) is 4.93 Å². The molecule has 2 heteroatoms. The van der Waals surface area contributed by atoms with E-state index in [1.807, 2.05) is 0 Å². The van der Waals surface area contributed by atoms with Crippen LogP contribution in [0, 0.1) is 0 Å². The molecule has 13 rings (SSSR count). The molecule has 0 amide bonds. The van der Waals surface area contributed by atoms with E-state index < -0.39 is 0 Å². The predicted molar refractivity (Wildman–Crippen MR) is 264 cm³/mol. The fraction of sp³-hybridized carbons (Fsp3) is 0.153. The van der Waals surface area contributed by atoms with Crippen molar-refractivity contribution >= 4 is 93.4 Å². The maximum atomic E-state index is 2.72. The van der Waals surface area contributed by atoms with Crippen molar-refractivity contribution in [2.45, 2.75) is 58.3 Å². The molecule has 0 fully saturated rings. The Morgan fingerprint density at radius 1 is 0.426 bits per heavy atom. The van der Waals surface area contributed by atoms with Crippen molar-refractivity contribution in [2.75, 3.05) is 0 Å². The third-order valence-corrected chi connectivity index (χ3v) is 14.5. The van der Waals surface area contributed by atoms with E-state index >= 15 is 0 Å². The van der Waals surface area contributed by atoms with E-state index in [0.717, 1.165) is 0 Å². The van der Waals surface area contributed by atoms with E-state index in [-0.39, 0.29) is 23.6 Å². The summed E-state index contributed by atoms with van der Waals surface area (Å²) in [5.74, 6) is 0.0315. The number of aromatic nitrogens is 1. The lowest BCUT2D eigenvalue weighted by molar-refractivity contribution is 0.566. The van der Waals surface area contributed by atoms with Crippen molar-refractivity contribution < 1.29 is 0 Å². The Morgan fingerprint density at radius 2 is 0.951 bits per heavy atom. The quantitative estimate of drug-likeness (QED) is 0.0888. The SMILES string of the molecule is CC(C)(C)c1cc(C2c3cc4cc5c6ccccc6c6ccccc6c5cc4cc3B3c4c2cc2ccccc2c4-c2cccc4c5ccccc5n3c24)cc(C(C)(C)C)c1. The van der Waals surface area contributed by atoms with Crippen LogP contribution in [0.4, 0.5) is 0 Å². The van der Waals surface area contributed by atoms with Crippen LogP contribution in [0.15, 0.2) is 164 Å². The fourth-order valence-corrected chi connectivity index (χ4v) is 11.6. The highest BCUT2D eigenvalue weighted by Gasteiger charge is 2.44. The average molecular weight is 780 g/mol. The number of hydrogen-bond donors (Lipinski definition) is 0. The lowest BCUT2D eigenvalue weighted by Crippen LogP contribution is -2.57. The molecule has 10 aromatic carbocycles. The summed E-state index contributed by atoms with van der Waals surface area (Å²) in [6.45, 7) is 14.2. The van der Waals surface area contributed by atoms with Crippen molar-refractivity contribution in [3.8, 4) is 11.1 Å². The monoisotopic (exact) mass is 779 g/mol. The molecule has 2 aliphatic heterocycles. The van der Waals surface area contributed by atoms with Crippen molar-refractivity contribution in [1.29, 1.82) is 0 Å². The van der Waals surface area contributed by atoms with Gasteiger partial charge >= 0.3 is 6.85 Å². The van der Waals surface area contributed by atoms with E-state index in [1.165, 1.54) is 126 Å². The van der Waals surface area contributed by atoms with Crippen molar-refractivity contribution in [3.63, 3.8) is 0 Å². The van der Waals surface area contributed by atoms with Crippen LogP contribution < -0.4 is 10.9 Å². The van der Waals surface area contributed by atoms with Crippen molar-refractivity contribution in [1.82, 2.24) is 4.48 Å². The van der Waals surface area contributed by atoms with Crippen LogP contribution in [0.5, 0.6) is 0 Å². The number of rotatable bonds is 1. The summed E-state index contributed by atoms with van der Waals surface area (Å²) in [6, 6.07) is 63.6. The highest BCUT2D eigenvalue weighted by Crippen LogP contribution is 2.48. The summed E-state index contributed by atoms with van der Waals surface area (Å²) in [4.78, 5) is 0. The predicted octanol–water partition coefficient (Wildman–Crippen LogP) is 14.3. The number of para-hydroxylation sites is 2. The van der Waals surface area contributed by atoms with Crippen LogP contribution in [0.1, 0.15) is 75.3 Å². The molecule has 1 nitrogen and oxygen atoms in total. The van der Waals surface area contributed by atoms with E-state index in [2.05, 4.69) is 210 Å². The smallest absolute Gasteiger partial charge is 0.329 e. The van der Waals surface area contributed by atoms with Gasteiger partial charge in [-0.3, -0.25) is 0 Å². The first kappa shape index (κ1) is 35.2. The average Bonchev–Trinajstić information content (AvgIpc) is 3.60. The molecule has 0 aliphatic carbocycles. The standard InChI is InChI=1S/C59H46BN/c1-58(2,3)38-26-37(27-39(33-38)59(4,5)6)54-50-31-35-29-48-43-20-11-9-18-41(43)42-19-10-12-21-44(42)49(48)30-36(35)32-52(50)60-56-51(54)28-34-16-7-8-17-40(34)55(56)47-24-15-23-46-45-22-13-14-25-53(45)61(60)57(46)47/h7-33,54H,1-6H3. The van der Waals surface area contributed by atoms with Gasteiger partial charge in [-0.05, 0) is 127 Å². The van der Waals surface area contributed by atoms with Gasteiger partial charge in [0.15, 0.2) is 0 Å². The summed E-state index contributed by atoms with van der Waals surface area (Å²) in [7, 11) is 0. The molecule has 1 aromatic heterocycles. The van der Waals surface area contributed by atoms with Gasteiger partial charge < -0.3 is 4.48 Å². The Kier molecular flexibility index (Phi) is 6.92. The molecular formula is C59H46BN. The lowest BCUT2D eigenvalue weighted by atomic mass is 9.41. The van der Waals surface area contributed by atoms with Gasteiger partial charge in [0, 0.05) is 33.3 Å². The minimum atomic E-state index is -0.0143. The minimum absolute atomic E-state index is 0.000476. The highest BCUT2D eigenvalue weighted by molar-refractivity contribution is 6.88. The van der Waals surface area contributed by atoms with E-state index in [0.29, 0.717) is 0 Å². The zero-order chi connectivity index (χ0) is 41.1. The minimum Gasteiger partial charge on any atom is -0.375 e. The molecule has 2 aliphatic rings. The Hall–Kier alpha value is -6.64. The van der Waals surface area contributed by atoms with Gasteiger partial charge in [0.25, 0.3) is 0 Å². The molecule has 0 bridgehead atoms. The summed E-state index contributed by atoms with van der Waals surface area (Å²) in [5.41, 5.74) is 15.2. The summed E-state index contributed by atoms with van der Waals surface area (Å²) < 4.78 is 2.72. The molecule has 1 unspecified atom stereocenters. The van der Waals surface area contributed by atoms with Gasteiger partial charge in [-0.2, -0.15) is 0 Å². The molecule has 0 radical (unpaired) electrons. The summed E-state index contributed by atoms with van der Waals surface area (Å²) in [5, 5.41) is 15.8. The first-order valence-corrected chi connectivity index (χ1v) is 22.1. The van der Waals surface area contributed by atoms with Gasteiger partial charge in [0.1, 0.15) is 0 Å². The van der Waals surface area contributed by atoms with Crippen molar-refractivity contribution in [2.24, 2.45) is 0 Å². The Balaban J connectivity index is 1.23. The molecule has 11 aromatic rings. The highest BCUT2D eigenvalue weighted by atomic mass is 14.9. The second-order valence-corrected chi connectivity index (χ2v) is 20.1. The van der Waals surface area contributed by atoms with Crippen LogP contribution in [-0.4, -0.2) is 11.3 Å². The molecule has 0 saturated heterocycles. The van der Waals surface area contributed by atoms with Crippen LogP contribution >= 0.6 is 0 Å². The third kappa shape index (κ3) is 4.79. The maximum Gasteiger partial charge on any atom is 0.329 e. The molecule has 1 atom stereocenters. The first-order chi connectivity index (χ1) is 29.5. The van der Waals surface area contributed by atoms with Gasteiger partial charge in [-0.25, -0.2) is 0 Å². The number of nitrogens with zero attached hydrogens (tertiary/aromatic N) is 1. The third-order valence-electron chi connectivity index (χ3n) is 14.5. The van der Waals surface area contributed by atoms with Gasteiger partial charge in [0.2, 0.25) is 0 Å². The van der Waals surface area contributed by atoms with Crippen LogP contribution in [0.3, 0.4) is 0 Å². The van der Waals surface area contributed by atoms with Gasteiger partial charge in [-0.1, -0.05) is 187 Å². The van der Waals surface area contributed by atoms with Gasteiger partial charge in [0.05, 0.1) is 0 Å². The number of benzene rings is 10.